The van der Waals surface area contributed by atoms with Crippen LogP contribution in [-0.4, -0.2) is 19.8 Å². The highest BCUT2D eigenvalue weighted by molar-refractivity contribution is 5.47. The first-order valence-corrected chi connectivity index (χ1v) is 17.3. The van der Waals surface area contributed by atoms with E-state index >= 15 is 0 Å². The molecule has 0 saturated heterocycles. The third kappa shape index (κ3) is 12.4. The smallest absolute Gasteiger partial charge is 0.143 e. The SMILES string of the molecule is CCCCCCCCCCCCCCCCCCOCCCOC(c1ccccc1)(c1ccccc1)c1ccccc1. The lowest BCUT2D eigenvalue weighted by Gasteiger charge is -2.36. The van der Waals surface area contributed by atoms with Gasteiger partial charge in [0.1, 0.15) is 5.60 Å². The molecular weight excluding hydrogens is 512 g/mol. The molecule has 3 rings (SSSR count). The molecule has 0 N–H and O–H groups in total. The highest BCUT2D eigenvalue weighted by Gasteiger charge is 2.37. The molecule has 0 radical (unpaired) electrons. The van der Waals surface area contributed by atoms with E-state index in [1.165, 1.54) is 103 Å². The van der Waals surface area contributed by atoms with Crippen molar-refractivity contribution in [3.63, 3.8) is 0 Å². The van der Waals surface area contributed by atoms with Crippen molar-refractivity contribution >= 4 is 0 Å². The lowest BCUT2D eigenvalue weighted by atomic mass is 9.80. The van der Waals surface area contributed by atoms with Crippen LogP contribution in [-0.2, 0) is 15.1 Å². The molecule has 2 heteroatoms. The average Bonchev–Trinajstić information content (AvgIpc) is 3.05. The second-order valence-corrected chi connectivity index (χ2v) is 11.9. The lowest BCUT2D eigenvalue weighted by Crippen LogP contribution is -2.33. The van der Waals surface area contributed by atoms with E-state index in [0.717, 1.165) is 36.3 Å². The molecule has 0 aliphatic rings. The van der Waals surface area contributed by atoms with Gasteiger partial charge in [0.25, 0.3) is 0 Å². The zero-order chi connectivity index (χ0) is 29.4. The highest BCUT2D eigenvalue weighted by atomic mass is 16.5. The van der Waals surface area contributed by atoms with Crippen molar-refractivity contribution in [1.82, 2.24) is 0 Å². The van der Waals surface area contributed by atoms with Gasteiger partial charge < -0.3 is 9.47 Å². The van der Waals surface area contributed by atoms with E-state index in [-0.39, 0.29) is 0 Å². The largest absolute Gasteiger partial charge is 0.381 e. The van der Waals surface area contributed by atoms with Gasteiger partial charge in [0.2, 0.25) is 0 Å². The first kappa shape index (κ1) is 34.1. The standard InChI is InChI=1S/C40H58O2/c1-2-3-4-5-6-7-8-9-10-11-12-13-14-15-16-26-34-41-35-27-36-42-40(37-28-20-17-21-29-37,38-30-22-18-23-31-38)39-32-24-19-25-33-39/h17-25,28-33H,2-16,26-27,34-36H2,1H3. The van der Waals surface area contributed by atoms with Crippen LogP contribution >= 0.6 is 0 Å². The Bertz CT molecular complexity index is 905. The molecule has 3 aromatic rings. The molecule has 2 nitrogen and oxygen atoms in total. The van der Waals surface area contributed by atoms with E-state index in [4.69, 9.17) is 9.47 Å². The summed E-state index contributed by atoms with van der Waals surface area (Å²) in [6.07, 6.45) is 23.2. The summed E-state index contributed by atoms with van der Waals surface area (Å²) >= 11 is 0. The molecule has 42 heavy (non-hydrogen) atoms. The molecule has 0 heterocycles. The first-order chi connectivity index (χ1) is 20.9. The zero-order valence-electron chi connectivity index (χ0n) is 26.6. The van der Waals surface area contributed by atoms with Crippen LogP contribution in [0.25, 0.3) is 0 Å². The zero-order valence-corrected chi connectivity index (χ0v) is 26.6. The van der Waals surface area contributed by atoms with Crippen LogP contribution in [0, 0.1) is 0 Å². The summed E-state index contributed by atoms with van der Waals surface area (Å²) in [5, 5.41) is 0. The van der Waals surface area contributed by atoms with E-state index in [2.05, 4.69) is 97.9 Å². The van der Waals surface area contributed by atoms with Crippen LogP contribution in [0.3, 0.4) is 0 Å². The summed E-state index contributed by atoms with van der Waals surface area (Å²) in [5.41, 5.74) is 2.81. The predicted molar refractivity (Wildman–Crippen MR) is 180 cm³/mol. The van der Waals surface area contributed by atoms with E-state index in [0.29, 0.717) is 6.61 Å². The topological polar surface area (TPSA) is 18.5 Å². The van der Waals surface area contributed by atoms with Crippen molar-refractivity contribution in [1.29, 1.82) is 0 Å². The van der Waals surface area contributed by atoms with Crippen molar-refractivity contribution < 1.29 is 9.47 Å². The monoisotopic (exact) mass is 570 g/mol. The van der Waals surface area contributed by atoms with Gasteiger partial charge in [-0.2, -0.15) is 0 Å². The van der Waals surface area contributed by atoms with E-state index in [1.807, 2.05) is 0 Å². The molecule has 0 aromatic heterocycles. The normalized spacial score (nSPS) is 11.6. The Morgan fingerprint density at radius 1 is 0.381 bits per heavy atom. The molecular formula is C40H58O2. The molecule has 0 aliphatic carbocycles. The minimum absolute atomic E-state index is 0.637. The second kappa shape index (κ2) is 22.2. The Kier molecular flexibility index (Phi) is 18.0. The molecule has 0 saturated carbocycles. The summed E-state index contributed by atoms with van der Waals surface area (Å²) in [5.74, 6) is 0. The van der Waals surface area contributed by atoms with Crippen LogP contribution in [0.1, 0.15) is 133 Å². The Balaban J connectivity index is 1.26. The molecule has 0 fully saturated rings. The summed E-state index contributed by atoms with van der Waals surface area (Å²) in [6.45, 7) is 4.54. The third-order valence-electron chi connectivity index (χ3n) is 8.43. The van der Waals surface area contributed by atoms with Gasteiger partial charge in [-0.05, 0) is 29.5 Å². The Morgan fingerprint density at radius 3 is 1.10 bits per heavy atom. The molecule has 230 valence electrons. The van der Waals surface area contributed by atoms with Crippen LogP contribution in [0.2, 0.25) is 0 Å². The van der Waals surface area contributed by atoms with Gasteiger partial charge in [0.15, 0.2) is 0 Å². The first-order valence-electron chi connectivity index (χ1n) is 17.3. The van der Waals surface area contributed by atoms with Crippen LogP contribution < -0.4 is 0 Å². The summed E-state index contributed by atoms with van der Waals surface area (Å²) < 4.78 is 12.8. The molecule has 0 unspecified atom stereocenters. The minimum atomic E-state index is -0.641. The molecule has 3 aromatic carbocycles. The van der Waals surface area contributed by atoms with E-state index < -0.39 is 5.60 Å². The van der Waals surface area contributed by atoms with Crippen molar-refractivity contribution in [3.8, 4) is 0 Å². The van der Waals surface area contributed by atoms with Crippen molar-refractivity contribution in [3.05, 3.63) is 108 Å². The number of unbranched alkanes of at least 4 members (excludes halogenated alkanes) is 15. The number of hydrogen-bond acceptors (Lipinski definition) is 2. The maximum Gasteiger partial charge on any atom is 0.143 e. The maximum atomic E-state index is 6.84. The van der Waals surface area contributed by atoms with Crippen LogP contribution in [0.4, 0.5) is 0 Å². The highest BCUT2D eigenvalue weighted by Crippen LogP contribution is 2.40. The third-order valence-corrected chi connectivity index (χ3v) is 8.43. The fraction of sp³-hybridized carbons (Fsp3) is 0.550. The molecule has 0 amide bonds. The summed E-state index contributed by atoms with van der Waals surface area (Å²) in [6, 6.07) is 31.8. The van der Waals surface area contributed by atoms with Gasteiger partial charge in [-0.15, -0.1) is 0 Å². The Hall–Kier alpha value is -2.42. The molecule has 0 spiro atoms. The van der Waals surface area contributed by atoms with Gasteiger partial charge in [0, 0.05) is 13.2 Å². The summed E-state index contributed by atoms with van der Waals surface area (Å²) in [4.78, 5) is 0. The molecule has 0 bridgehead atoms. The van der Waals surface area contributed by atoms with Crippen LogP contribution in [0.15, 0.2) is 91.0 Å². The fourth-order valence-corrected chi connectivity index (χ4v) is 6.01. The van der Waals surface area contributed by atoms with Gasteiger partial charge >= 0.3 is 0 Å². The number of benzene rings is 3. The quantitative estimate of drug-likeness (QED) is 0.0745. The number of rotatable bonds is 25. The molecule has 0 aliphatic heterocycles. The van der Waals surface area contributed by atoms with Gasteiger partial charge in [-0.1, -0.05) is 194 Å². The Labute approximate surface area is 258 Å². The van der Waals surface area contributed by atoms with Gasteiger partial charge in [-0.3, -0.25) is 0 Å². The number of hydrogen-bond donors (Lipinski definition) is 0. The minimum Gasteiger partial charge on any atom is -0.381 e. The van der Waals surface area contributed by atoms with Crippen LogP contribution in [0.5, 0.6) is 0 Å². The second-order valence-electron chi connectivity index (χ2n) is 11.9. The van der Waals surface area contributed by atoms with Crippen molar-refractivity contribution in [2.45, 2.75) is 122 Å². The van der Waals surface area contributed by atoms with Crippen molar-refractivity contribution in [2.75, 3.05) is 19.8 Å². The van der Waals surface area contributed by atoms with Gasteiger partial charge in [-0.25, -0.2) is 0 Å². The van der Waals surface area contributed by atoms with Gasteiger partial charge in [0.05, 0.1) is 6.61 Å². The van der Waals surface area contributed by atoms with E-state index in [1.54, 1.807) is 0 Å². The summed E-state index contributed by atoms with van der Waals surface area (Å²) in [7, 11) is 0. The van der Waals surface area contributed by atoms with E-state index in [9.17, 15) is 0 Å². The van der Waals surface area contributed by atoms with Crippen molar-refractivity contribution in [2.24, 2.45) is 0 Å². The lowest BCUT2D eigenvalue weighted by molar-refractivity contribution is -0.000723. The molecule has 0 atom stereocenters. The fourth-order valence-electron chi connectivity index (χ4n) is 6.01. The average molecular weight is 571 g/mol. The predicted octanol–water partition coefficient (Wildman–Crippen LogP) is 11.7. The maximum absolute atomic E-state index is 6.84. The number of ether oxygens (including phenoxy) is 2. The Morgan fingerprint density at radius 2 is 0.714 bits per heavy atom.